The number of nitrogens with zero attached hydrogens (tertiary/aromatic N) is 1. The molecule has 1 amide bonds. The van der Waals surface area contributed by atoms with E-state index in [1.165, 1.54) is 18.2 Å². The second kappa shape index (κ2) is 6.02. The minimum atomic E-state index is -0.478. The van der Waals surface area contributed by atoms with Crippen LogP contribution < -0.4 is 5.73 Å². The van der Waals surface area contributed by atoms with E-state index in [0.29, 0.717) is 31.2 Å². The van der Waals surface area contributed by atoms with E-state index in [4.69, 9.17) is 10.5 Å². The zero-order valence-electron chi connectivity index (χ0n) is 11.1. The van der Waals surface area contributed by atoms with Crippen molar-refractivity contribution in [3.63, 3.8) is 0 Å². The van der Waals surface area contributed by atoms with E-state index in [9.17, 15) is 9.18 Å². The Labute approximate surface area is 112 Å². The summed E-state index contributed by atoms with van der Waals surface area (Å²) in [4.78, 5) is 14.1. The highest BCUT2D eigenvalue weighted by Crippen LogP contribution is 2.20. The fourth-order valence-corrected chi connectivity index (χ4v) is 2.54. The van der Waals surface area contributed by atoms with Crippen molar-refractivity contribution in [3.05, 3.63) is 29.6 Å². The average molecular weight is 266 g/mol. The van der Waals surface area contributed by atoms with Crippen LogP contribution in [0.25, 0.3) is 0 Å². The molecule has 1 unspecified atom stereocenters. The molecule has 0 spiro atoms. The van der Waals surface area contributed by atoms with Crippen LogP contribution in [0.4, 0.5) is 10.1 Å². The smallest absolute Gasteiger partial charge is 0.254 e. The molecular weight excluding hydrogens is 247 g/mol. The zero-order valence-corrected chi connectivity index (χ0v) is 11.1. The standard InChI is InChI=1S/C14H19FN2O2/c1-19-9-10-3-2-4-17(8-10)14(18)11-5-12(15)7-13(16)6-11/h5-7,10H,2-4,8-9,16H2,1H3. The highest BCUT2D eigenvalue weighted by atomic mass is 19.1. The Morgan fingerprint density at radius 3 is 3.00 bits per heavy atom. The van der Waals surface area contributed by atoms with Crippen LogP contribution in [0.15, 0.2) is 18.2 Å². The third kappa shape index (κ3) is 3.44. The fourth-order valence-electron chi connectivity index (χ4n) is 2.54. The summed E-state index contributed by atoms with van der Waals surface area (Å²) >= 11 is 0. The van der Waals surface area contributed by atoms with E-state index in [1.807, 2.05) is 0 Å². The summed E-state index contributed by atoms with van der Waals surface area (Å²) in [6, 6.07) is 3.96. The van der Waals surface area contributed by atoms with E-state index in [2.05, 4.69) is 0 Å². The predicted octanol–water partition coefficient (Wildman–Crippen LogP) is 1.91. The number of carbonyl (C=O) groups is 1. The summed E-state index contributed by atoms with van der Waals surface area (Å²) in [7, 11) is 1.66. The monoisotopic (exact) mass is 266 g/mol. The number of nitrogen functional groups attached to an aromatic ring is 1. The summed E-state index contributed by atoms with van der Waals surface area (Å²) in [5, 5.41) is 0. The van der Waals surface area contributed by atoms with Gasteiger partial charge in [0.1, 0.15) is 5.82 Å². The largest absolute Gasteiger partial charge is 0.399 e. The zero-order chi connectivity index (χ0) is 13.8. The lowest BCUT2D eigenvalue weighted by atomic mass is 9.98. The van der Waals surface area contributed by atoms with Crippen molar-refractivity contribution in [3.8, 4) is 0 Å². The maximum atomic E-state index is 13.3. The van der Waals surface area contributed by atoms with Gasteiger partial charge in [-0.3, -0.25) is 4.79 Å². The molecule has 0 radical (unpaired) electrons. The van der Waals surface area contributed by atoms with E-state index >= 15 is 0 Å². The van der Waals surface area contributed by atoms with Crippen LogP contribution in [0.5, 0.6) is 0 Å². The molecule has 0 saturated carbocycles. The summed E-state index contributed by atoms with van der Waals surface area (Å²) in [5.74, 6) is -0.283. The number of hydrogen-bond donors (Lipinski definition) is 1. The van der Waals surface area contributed by atoms with Crippen LogP contribution in [-0.2, 0) is 4.74 Å². The molecule has 1 atom stereocenters. The molecule has 2 rings (SSSR count). The Hall–Kier alpha value is -1.62. The molecule has 0 aromatic heterocycles. The number of hydrogen-bond acceptors (Lipinski definition) is 3. The minimum absolute atomic E-state index is 0.160. The summed E-state index contributed by atoms with van der Waals surface area (Å²) in [6.07, 6.45) is 2.01. The summed E-state index contributed by atoms with van der Waals surface area (Å²) in [5.41, 5.74) is 6.16. The fraction of sp³-hybridized carbons (Fsp3) is 0.500. The normalized spacial score (nSPS) is 19.5. The number of amides is 1. The van der Waals surface area contributed by atoms with Gasteiger partial charge in [-0.05, 0) is 37.0 Å². The second-order valence-corrected chi connectivity index (χ2v) is 4.99. The van der Waals surface area contributed by atoms with Gasteiger partial charge >= 0.3 is 0 Å². The number of nitrogens with two attached hydrogens (primary N) is 1. The third-order valence-electron chi connectivity index (χ3n) is 3.38. The molecular formula is C14H19FN2O2. The molecule has 1 aromatic carbocycles. The Kier molecular flexibility index (Phi) is 4.37. The van der Waals surface area contributed by atoms with Gasteiger partial charge in [-0.25, -0.2) is 4.39 Å². The van der Waals surface area contributed by atoms with Crippen LogP contribution >= 0.6 is 0 Å². The number of halogens is 1. The lowest BCUT2D eigenvalue weighted by Gasteiger charge is -2.32. The van der Waals surface area contributed by atoms with Gasteiger partial charge in [-0.15, -0.1) is 0 Å². The Bertz CT molecular complexity index is 443. The van der Waals surface area contributed by atoms with Gasteiger partial charge < -0.3 is 15.4 Å². The highest BCUT2D eigenvalue weighted by molar-refractivity contribution is 5.95. The Balaban J connectivity index is 2.10. The molecule has 1 aliphatic rings. The van der Waals surface area contributed by atoms with Gasteiger partial charge in [0.15, 0.2) is 0 Å². The topological polar surface area (TPSA) is 55.6 Å². The van der Waals surface area contributed by atoms with Gasteiger partial charge in [-0.2, -0.15) is 0 Å². The van der Waals surface area contributed by atoms with Crippen molar-refractivity contribution >= 4 is 11.6 Å². The van der Waals surface area contributed by atoms with E-state index in [-0.39, 0.29) is 11.6 Å². The third-order valence-corrected chi connectivity index (χ3v) is 3.38. The molecule has 104 valence electrons. The van der Waals surface area contributed by atoms with Crippen molar-refractivity contribution in [1.82, 2.24) is 4.90 Å². The molecule has 0 aliphatic carbocycles. The van der Waals surface area contributed by atoms with Crippen LogP contribution in [0.2, 0.25) is 0 Å². The Morgan fingerprint density at radius 2 is 2.32 bits per heavy atom. The van der Waals surface area contributed by atoms with Crippen LogP contribution in [-0.4, -0.2) is 37.6 Å². The van der Waals surface area contributed by atoms with Crippen molar-refractivity contribution in [2.75, 3.05) is 32.5 Å². The first-order valence-electron chi connectivity index (χ1n) is 6.44. The van der Waals surface area contributed by atoms with Gasteiger partial charge in [0, 0.05) is 31.5 Å². The predicted molar refractivity (Wildman–Crippen MR) is 71.3 cm³/mol. The molecule has 1 heterocycles. The van der Waals surface area contributed by atoms with Gasteiger partial charge in [0.25, 0.3) is 5.91 Å². The minimum Gasteiger partial charge on any atom is -0.399 e. The number of anilines is 1. The van der Waals surface area contributed by atoms with Crippen LogP contribution in [0.3, 0.4) is 0 Å². The lowest BCUT2D eigenvalue weighted by molar-refractivity contribution is 0.0570. The first-order valence-corrected chi connectivity index (χ1v) is 6.44. The summed E-state index contributed by atoms with van der Waals surface area (Å²) < 4.78 is 18.4. The van der Waals surface area contributed by atoms with E-state index in [1.54, 1.807) is 12.0 Å². The molecule has 0 bridgehead atoms. The first-order chi connectivity index (χ1) is 9.10. The number of benzene rings is 1. The van der Waals surface area contributed by atoms with Crippen molar-refractivity contribution < 1.29 is 13.9 Å². The lowest BCUT2D eigenvalue weighted by Crippen LogP contribution is -2.41. The van der Waals surface area contributed by atoms with Gasteiger partial charge in [-0.1, -0.05) is 0 Å². The van der Waals surface area contributed by atoms with Crippen molar-refractivity contribution in [1.29, 1.82) is 0 Å². The average Bonchev–Trinajstić information content (AvgIpc) is 2.37. The molecule has 1 aromatic rings. The van der Waals surface area contributed by atoms with E-state index < -0.39 is 5.82 Å². The van der Waals surface area contributed by atoms with Gasteiger partial charge in [0.2, 0.25) is 0 Å². The molecule has 2 N–H and O–H groups in total. The van der Waals surface area contributed by atoms with Crippen LogP contribution in [0.1, 0.15) is 23.2 Å². The van der Waals surface area contributed by atoms with Crippen molar-refractivity contribution in [2.45, 2.75) is 12.8 Å². The number of likely N-dealkylation sites (tertiary alicyclic amines) is 1. The number of ether oxygens (including phenoxy) is 1. The molecule has 4 nitrogen and oxygen atoms in total. The number of rotatable bonds is 3. The second-order valence-electron chi connectivity index (χ2n) is 4.99. The number of carbonyl (C=O) groups excluding carboxylic acids is 1. The Morgan fingerprint density at radius 1 is 1.53 bits per heavy atom. The van der Waals surface area contributed by atoms with Gasteiger partial charge in [0.05, 0.1) is 6.61 Å². The van der Waals surface area contributed by atoms with Crippen molar-refractivity contribution in [2.24, 2.45) is 5.92 Å². The van der Waals surface area contributed by atoms with E-state index in [0.717, 1.165) is 12.8 Å². The SMILES string of the molecule is COCC1CCCN(C(=O)c2cc(N)cc(F)c2)C1. The highest BCUT2D eigenvalue weighted by Gasteiger charge is 2.24. The molecule has 1 aliphatic heterocycles. The maximum Gasteiger partial charge on any atom is 0.254 e. The number of methoxy groups -OCH3 is 1. The van der Waals surface area contributed by atoms with Crippen LogP contribution in [0, 0.1) is 11.7 Å². The summed E-state index contributed by atoms with van der Waals surface area (Å²) in [6.45, 7) is 2.01. The molecule has 1 fully saturated rings. The molecule has 5 heteroatoms. The maximum absolute atomic E-state index is 13.3. The molecule has 19 heavy (non-hydrogen) atoms. The quantitative estimate of drug-likeness (QED) is 0.850. The molecule has 1 saturated heterocycles. The number of piperidine rings is 1. The first kappa shape index (κ1) is 13.8.